The van der Waals surface area contributed by atoms with E-state index in [9.17, 15) is 4.79 Å². The van der Waals surface area contributed by atoms with Crippen molar-refractivity contribution in [2.45, 2.75) is 6.42 Å². The summed E-state index contributed by atoms with van der Waals surface area (Å²) in [5, 5.41) is 0. The second-order valence-corrected chi connectivity index (χ2v) is 4.01. The number of hydrogen-bond acceptors (Lipinski definition) is 2. The second-order valence-electron chi connectivity index (χ2n) is 3.10. The Morgan fingerprint density at radius 1 is 1.54 bits per heavy atom. The molecule has 1 heterocycles. The number of hydrogen-bond donors (Lipinski definition) is 0. The van der Waals surface area contributed by atoms with Crippen LogP contribution in [-0.2, 0) is 6.42 Å². The second kappa shape index (κ2) is 3.18. The van der Waals surface area contributed by atoms with E-state index in [1.807, 2.05) is 12.1 Å². The van der Waals surface area contributed by atoms with E-state index in [4.69, 9.17) is 4.74 Å². The smallest absolute Gasteiger partial charge is 0.193 e. The van der Waals surface area contributed by atoms with Gasteiger partial charge in [0.05, 0.1) is 6.61 Å². The summed E-state index contributed by atoms with van der Waals surface area (Å²) >= 11 is 3.38. The number of carbonyl (C=O) groups excluding carboxylic acids is 1. The first kappa shape index (κ1) is 8.82. The molecule has 0 aromatic heterocycles. The van der Waals surface area contributed by atoms with E-state index in [1.165, 1.54) is 0 Å². The third kappa shape index (κ3) is 1.50. The molecule has 0 bridgehead atoms. The maximum Gasteiger partial charge on any atom is 0.193 e. The predicted octanol–water partition coefficient (Wildman–Crippen LogP) is 1.16. The van der Waals surface area contributed by atoms with E-state index in [1.54, 1.807) is 7.85 Å². The van der Waals surface area contributed by atoms with Crippen molar-refractivity contribution in [1.82, 2.24) is 0 Å². The fourth-order valence-electron chi connectivity index (χ4n) is 1.53. The van der Waals surface area contributed by atoms with Gasteiger partial charge >= 0.3 is 0 Å². The van der Waals surface area contributed by atoms with Gasteiger partial charge in [-0.3, -0.25) is 0 Å². The number of carbonyl (C=O) groups is 1. The first-order chi connectivity index (χ1) is 6.18. The monoisotopic (exact) mass is 238 g/mol. The summed E-state index contributed by atoms with van der Waals surface area (Å²) in [5.74, 6) is 0.774. The van der Waals surface area contributed by atoms with Crippen LogP contribution in [0.2, 0.25) is 0 Å². The quantitative estimate of drug-likeness (QED) is 0.687. The van der Waals surface area contributed by atoms with Crippen molar-refractivity contribution in [2.24, 2.45) is 0 Å². The lowest BCUT2D eigenvalue weighted by molar-refractivity contribution is 0.107. The molecule has 2 nitrogen and oxygen atoms in total. The van der Waals surface area contributed by atoms with Crippen LogP contribution < -0.4 is 4.74 Å². The largest absolute Gasteiger partial charge is 0.492 e. The van der Waals surface area contributed by atoms with Gasteiger partial charge in [0.25, 0.3) is 0 Å². The Labute approximate surface area is 85.8 Å². The van der Waals surface area contributed by atoms with Gasteiger partial charge in [0, 0.05) is 16.5 Å². The Bertz CT molecular complexity index is 376. The third-order valence-corrected chi connectivity index (χ3v) is 2.59. The minimum Gasteiger partial charge on any atom is -0.492 e. The Morgan fingerprint density at radius 2 is 2.31 bits per heavy atom. The molecule has 0 spiro atoms. The SMILES string of the molecule is BC(=O)c1cc(Br)cc2c1OCC2. The number of halogens is 1. The molecule has 4 heteroatoms. The van der Waals surface area contributed by atoms with E-state index < -0.39 is 0 Å². The summed E-state index contributed by atoms with van der Waals surface area (Å²) in [7, 11) is 1.56. The van der Waals surface area contributed by atoms with Crippen LogP contribution in [0, 0.1) is 0 Å². The minimum absolute atomic E-state index is 0.0550. The zero-order valence-corrected chi connectivity index (χ0v) is 8.85. The summed E-state index contributed by atoms with van der Waals surface area (Å²) in [6.07, 6.45) is 0.898. The maximum atomic E-state index is 11.3. The first-order valence-corrected chi connectivity index (χ1v) is 4.94. The molecule has 0 N–H and O–H groups in total. The topological polar surface area (TPSA) is 26.3 Å². The highest BCUT2D eigenvalue weighted by atomic mass is 79.9. The Morgan fingerprint density at radius 3 is 3.00 bits per heavy atom. The summed E-state index contributed by atoms with van der Waals surface area (Å²) < 4.78 is 6.35. The van der Waals surface area contributed by atoms with Gasteiger partial charge in [-0.15, -0.1) is 0 Å². The average molecular weight is 239 g/mol. The molecule has 0 amide bonds. The molecular weight excluding hydrogens is 231 g/mol. The maximum absolute atomic E-state index is 11.3. The van der Waals surface area contributed by atoms with Crippen molar-refractivity contribution in [3.63, 3.8) is 0 Å². The number of rotatable bonds is 1. The van der Waals surface area contributed by atoms with Crippen LogP contribution >= 0.6 is 15.9 Å². The van der Waals surface area contributed by atoms with Gasteiger partial charge < -0.3 is 9.53 Å². The molecule has 0 saturated carbocycles. The van der Waals surface area contributed by atoms with Gasteiger partial charge in [0.2, 0.25) is 0 Å². The number of fused-ring (bicyclic) bond motifs is 1. The standard InChI is InChI=1S/C9H8BBrO2/c10-9(12)7-4-6(11)3-5-1-2-13-8(5)7/h3-4H,1-2,10H2. The van der Waals surface area contributed by atoms with Crippen molar-refractivity contribution in [3.05, 3.63) is 27.7 Å². The molecule has 2 rings (SSSR count). The molecule has 1 aliphatic rings. The fourth-order valence-corrected chi connectivity index (χ4v) is 2.04. The van der Waals surface area contributed by atoms with Crippen LogP contribution in [0.5, 0.6) is 5.75 Å². The van der Waals surface area contributed by atoms with Gasteiger partial charge in [-0.1, -0.05) is 15.9 Å². The van der Waals surface area contributed by atoms with Gasteiger partial charge in [-0.2, -0.15) is 0 Å². The van der Waals surface area contributed by atoms with Crippen molar-refractivity contribution in [3.8, 4) is 5.75 Å². The van der Waals surface area contributed by atoms with Crippen LogP contribution in [0.3, 0.4) is 0 Å². The lowest BCUT2D eigenvalue weighted by atomic mass is 9.92. The van der Waals surface area contributed by atoms with Crippen molar-refractivity contribution < 1.29 is 9.53 Å². The van der Waals surface area contributed by atoms with Crippen molar-refractivity contribution >= 4 is 29.5 Å². The zero-order valence-electron chi connectivity index (χ0n) is 7.26. The van der Waals surface area contributed by atoms with Crippen LogP contribution in [0.15, 0.2) is 16.6 Å². The Hall–Kier alpha value is -0.765. The highest BCUT2D eigenvalue weighted by molar-refractivity contribution is 9.10. The lowest BCUT2D eigenvalue weighted by Gasteiger charge is -2.05. The normalized spacial score (nSPS) is 13.6. The highest BCUT2D eigenvalue weighted by Gasteiger charge is 2.19. The zero-order chi connectivity index (χ0) is 9.42. The Balaban J connectivity index is 2.62. The molecule has 0 fully saturated rings. The van der Waals surface area contributed by atoms with Crippen LogP contribution in [0.25, 0.3) is 0 Å². The molecule has 0 radical (unpaired) electrons. The fraction of sp³-hybridized carbons (Fsp3) is 0.222. The molecule has 1 aromatic carbocycles. The van der Waals surface area contributed by atoms with E-state index in [2.05, 4.69) is 15.9 Å². The number of ether oxygens (including phenoxy) is 1. The van der Waals surface area contributed by atoms with Gasteiger partial charge in [-0.25, -0.2) is 0 Å². The molecule has 0 atom stereocenters. The van der Waals surface area contributed by atoms with Gasteiger partial charge in [0.1, 0.15) is 11.4 Å². The van der Waals surface area contributed by atoms with E-state index >= 15 is 0 Å². The molecule has 1 aliphatic heterocycles. The molecule has 0 unspecified atom stereocenters. The molecule has 13 heavy (non-hydrogen) atoms. The molecule has 1 aromatic rings. The van der Waals surface area contributed by atoms with Crippen LogP contribution in [-0.4, -0.2) is 20.1 Å². The predicted molar refractivity (Wildman–Crippen MR) is 56.2 cm³/mol. The summed E-state index contributed by atoms with van der Waals surface area (Å²) in [5.41, 5.74) is 1.86. The van der Waals surface area contributed by atoms with Gasteiger partial charge in [0.15, 0.2) is 7.85 Å². The molecular formula is C9H8BBrO2. The van der Waals surface area contributed by atoms with E-state index in [0.717, 1.165) is 22.2 Å². The van der Waals surface area contributed by atoms with Crippen molar-refractivity contribution in [2.75, 3.05) is 6.61 Å². The molecule has 66 valence electrons. The van der Waals surface area contributed by atoms with E-state index in [0.29, 0.717) is 12.2 Å². The first-order valence-electron chi connectivity index (χ1n) is 4.14. The average Bonchev–Trinajstić information content (AvgIpc) is 2.49. The Kier molecular flexibility index (Phi) is 2.16. The van der Waals surface area contributed by atoms with Crippen molar-refractivity contribution in [1.29, 1.82) is 0 Å². The minimum atomic E-state index is 0.0550. The highest BCUT2D eigenvalue weighted by Crippen LogP contribution is 2.32. The molecule has 0 aliphatic carbocycles. The molecule has 0 saturated heterocycles. The van der Waals surface area contributed by atoms with E-state index in [-0.39, 0.29) is 5.68 Å². The van der Waals surface area contributed by atoms with Crippen LogP contribution in [0.4, 0.5) is 0 Å². The summed E-state index contributed by atoms with van der Waals surface area (Å²) in [6, 6.07) is 3.82. The lowest BCUT2D eigenvalue weighted by Crippen LogP contribution is -2.00. The summed E-state index contributed by atoms with van der Waals surface area (Å²) in [4.78, 5) is 11.3. The third-order valence-electron chi connectivity index (χ3n) is 2.13. The summed E-state index contributed by atoms with van der Waals surface area (Å²) in [6.45, 7) is 0.687. The van der Waals surface area contributed by atoms with Crippen LogP contribution in [0.1, 0.15) is 15.9 Å². The van der Waals surface area contributed by atoms with Gasteiger partial charge in [-0.05, 0) is 17.7 Å². The number of benzene rings is 1.